The number of aromatic carboxylic acids is 1. The Hall–Kier alpha value is -2.77. The predicted octanol–water partition coefficient (Wildman–Crippen LogP) is 1.86. The van der Waals surface area contributed by atoms with Crippen LogP contribution in [-0.2, 0) is 0 Å². The third-order valence-corrected chi connectivity index (χ3v) is 2.33. The number of carbonyl (C=O) groups is 1. The number of hydrogen-bond donors (Lipinski definition) is 2. The number of carboxylic acids is 1. The Morgan fingerprint density at radius 1 is 1.47 bits per heavy atom. The largest absolute Gasteiger partial charge is 0.496 e. The first-order valence-electron chi connectivity index (χ1n) is 4.78. The van der Waals surface area contributed by atoms with E-state index in [4.69, 9.17) is 32.0 Å². The average Bonchev–Trinajstić information content (AvgIpc) is 2.40. The van der Waals surface area contributed by atoms with E-state index in [1.165, 1.54) is 19.2 Å². The van der Waals surface area contributed by atoms with Crippen LogP contribution in [0.1, 0.15) is 10.4 Å². The fourth-order valence-corrected chi connectivity index (χ4v) is 1.37. The quantitative estimate of drug-likeness (QED) is 0.641. The molecule has 96 valence electrons. The van der Waals surface area contributed by atoms with Crippen LogP contribution < -0.4 is 10.2 Å². The summed E-state index contributed by atoms with van der Waals surface area (Å²) in [4.78, 5) is 10.9. The number of nitriles is 2. The van der Waals surface area contributed by atoms with Crippen LogP contribution in [0.4, 0.5) is 5.69 Å². The van der Waals surface area contributed by atoms with Crippen molar-refractivity contribution in [1.82, 2.24) is 0 Å². The Morgan fingerprint density at radius 3 is 2.58 bits per heavy atom. The van der Waals surface area contributed by atoms with Crippen molar-refractivity contribution in [2.45, 2.75) is 0 Å². The summed E-state index contributed by atoms with van der Waals surface area (Å²) >= 11 is 5.86. The van der Waals surface area contributed by atoms with E-state index in [1.807, 2.05) is 0 Å². The summed E-state index contributed by atoms with van der Waals surface area (Å²) in [5.41, 5.74) is 2.11. The van der Waals surface area contributed by atoms with Crippen molar-refractivity contribution in [3.05, 3.63) is 22.7 Å². The number of methoxy groups -OCH3 is 1. The number of carboxylic acid groups (broad SMARTS) is 1. The highest BCUT2D eigenvalue weighted by atomic mass is 35.5. The highest BCUT2D eigenvalue weighted by Gasteiger charge is 2.14. The van der Waals surface area contributed by atoms with Gasteiger partial charge < -0.3 is 9.84 Å². The molecule has 0 saturated carbocycles. The van der Waals surface area contributed by atoms with Gasteiger partial charge in [0.1, 0.15) is 23.5 Å². The van der Waals surface area contributed by atoms with Crippen LogP contribution in [0.25, 0.3) is 0 Å². The van der Waals surface area contributed by atoms with Gasteiger partial charge >= 0.3 is 5.97 Å². The Morgan fingerprint density at radius 2 is 2.11 bits per heavy atom. The van der Waals surface area contributed by atoms with Crippen molar-refractivity contribution in [1.29, 1.82) is 10.5 Å². The zero-order chi connectivity index (χ0) is 14.4. The van der Waals surface area contributed by atoms with Crippen LogP contribution in [0.5, 0.6) is 5.75 Å². The van der Waals surface area contributed by atoms with Gasteiger partial charge in [-0.05, 0) is 6.07 Å². The molecule has 0 heterocycles. The van der Waals surface area contributed by atoms with E-state index >= 15 is 0 Å². The van der Waals surface area contributed by atoms with E-state index < -0.39 is 11.7 Å². The predicted molar refractivity (Wildman–Crippen MR) is 67.2 cm³/mol. The number of benzene rings is 1. The van der Waals surface area contributed by atoms with Gasteiger partial charge in [0.15, 0.2) is 0 Å². The fraction of sp³-hybridized carbons (Fsp3) is 0.0909. The van der Waals surface area contributed by atoms with Crippen LogP contribution in [0, 0.1) is 22.7 Å². The van der Waals surface area contributed by atoms with Gasteiger partial charge in [0.2, 0.25) is 5.71 Å². The molecule has 0 unspecified atom stereocenters. The van der Waals surface area contributed by atoms with Crippen molar-refractivity contribution in [3.8, 4) is 17.9 Å². The molecule has 0 fully saturated rings. The molecule has 0 amide bonds. The van der Waals surface area contributed by atoms with Gasteiger partial charge in [0.05, 0.1) is 17.8 Å². The highest BCUT2D eigenvalue weighted by molar-refractivity contribution is 6.33. The molecule has 19 heavy (non-hydrogen) atoms. The second-order valence-corrected chi connectivity index (χ2v) is 3.54. The maximum absolute atomic E-state index is 10.9. The zero-order valence-corrected chi connectivity index (χ0v) is 10.4. The minimum atomic E-state index is -1.19. The van der Waals surface area contributed by atoms with Gasteiger partial charge in [-0.25, -0.2) is 4.79 Å². The second-order valence-electron chi connectivity index (χ2n) is 3.13. The number of rotatable bonds is 4. The van der Waals surface area contributed by atoms with Gasteiger partial charge in [-0.3, -0.25) is 5.43 Å². The Labute approximate surface area is 113 Å². The number of nitrogens with one attached hydrogen (secondary N) is 1. The second kappa shape index (κ2) is 6.24. The SMILES string of the molecule is COc1cc(NN=C(C#N)C#N)c(Cl)cc1C(=O)O. The van der Waals surface area contributed by atoms with Gasteiger partial charge in [-0.1, -0.05) is 11.6 Å². The van der Waals surface area contributed by atoms with Crippen LogP contribution >= 0.6 is 11.6 Å². The van der Waals surface area contributed by atoms with E-state index in [0.29, 0.717) is 0 Å². The molecular formula is C11H7ClN4O3. The smallest absolute Gasteiger partial charge is 0.339 e. The summed E-state index contributed by atoms with van der Waals surface area (Å²) in [6.07, 6.45) is 0. The Bertz CT molecular complexity index is 612. The third-order valence-electron chi connectivity index (χ3n) is 2.02. The summed E-state index contributed by atoms with van der Waals surface area (Å²) in [5.74, 6) is -1.12. The monoisotopic (exact) mass is 278 g/mol. The van der Waals surface area contributed by atoms with Crippen molar-refractivity contribution >= 4 is 29.0 Å². The van der Waals surface area contributed by atoms with Crippen molar-refractivity contribution in [2.24, 2.45) is 5.10 Å². The standard InChI is InChI=1S/C11H7ClN4O3/c1-19-10-3-9(16-15-6(4-13)5-14)8(12)2-7(10)11(17)18/h2-3,16H,1H3,(H,17,18). The maximum Gasteiger partial charge on any atom is 0.339 e. The van der Waals surface area contributed by atoms with E-state index in [1.54, 1.807) is 12.1 Å². The number of nitrogens with zero attached hydrogens (tertiary/aromatic N) is 3. The molecule has 2 N–H and O–H groups in total. The lowest BCUT2D eigenvalue weighted by Gasteiger charge is -2.09. The molecule has 0 atom stereocenters. The topological polar surface area (TPSA) is 118 Å². The number of halogens is 1. The molecule has 0 aromatic heterocycles. The molecule has 0 radical (unpaired) electrons. The van der Waals surface area contributed by atoms with Crippen LogP contribution in [-0.4, -0.2) is 23.9 Å². The van der Waals surface area contributed by atoms with Gasteiger partial charge in [-0.15, -0.1) is 0 Å². The zero-order valence-electron chi connectivity index (χ0n) is 9.64. The first-order chi connectivity index (χ1) is 9.03. The summed E-state index contributed by atoms with van der Waals surface area (Å²) in [6, 6.07) is 5.60. The Balaban J connectivity index is 3.19. The lowest BCUT2D eigenvalue weighted by molar-refractivity contribution is 0.0693. The van der Waals surface area contributed by atoms with E-state index in [9.17, 15) is 4.79 Å². The normalized spacial score (nSPS) is 8.84. The molecular weight excluding hydrogens is 272 g/mol. The Kier molecular flexibility index (Phi) is 4.69. The molecule has 0 aliphatic heterocycles. The molecule has 1 aromatic rings. The summed E-state index contributed by atoms with van der Waals surface area (Å²) in [6.45, 7) is 0. The molecule has 0 saturated heterocycles. The third kappa shape index (κ3) is 3.35. The van der Waals surface area contributed by atoms with Crippen LogP contribution in [0.15, 0.2) is 17.2 Å². The lowest BCUT2D eigenvalue weighted by atomic mass is 10.2. The van der Waals surface area contributed by atoms with E-state index in [0.717, 1.165) is 0 Å². The summed E-state index contributed by atoms with van der Waals surface area (Å²) in [7, 11) is 1.30. The molecule has 8 heteroatoms. The molecule has 7 nitrogen and oxygen atoms in total. The highest BCUT2D eigenvalue weighted by Crippen LogP contribution is 2.31. The number of hydrogen-bond acceptors (Lipinski definition) is 6. The number of ether oxygens (including phenoxy) is 1. The lowest BCUT2D eigenvalue weighted by Crippen LogP contribution is -2.03. The molecule has 0 aliphatic carbocycles. The van der Waals surface area contributed by atoms with Crippen LogP contribution in [0.3, 0.4) is 0 Å². The van der Waals surface area contributed by atoms with Gasteiger partial charge in [-0.2, -0.15) is 15.6 Å². The summed E-state index contributed by atoms with van der Waals surface area (Å²) in [5, 5.41) is 29.5. The van der Waals surface area contributed by atoms with E-state index in [-0.39, 0.29) is 22.0 Å². The van der Waals surface area contributed by atoms with Gasteiger partial charge in [0.25, 0.3) is 0 Å². The molecule has 0 bridgehead atoms. The van der Waals surface area contributed by atoms with Crippen molar-refractivity contribution in [2.75, 3.05) is 12.5 Å². The number of hydrazone groups is 1. The first-order valence-corrected chi connectivity index (χ1v) is 5.16. The maximum atomic E-state index is 10.9. The van der Waals surface area contributed by atoms with Crippen molar-refractivity contribution < 1.29 is 14.6 Å². The molecule has 1 aromatic carbocycles. The molecule has 0 aliphatic rings. The minimum Gasteiger partial charge on any atom is -0.496 e. The van der Waals surface area contributed by atoms with Crippen molar-refractivity contribution in [3.63, 3.8) is 0 Å². The van der Waals surface area contributed by atoms with E-state index in [2.05, 4.69) is 10.5 Å². The molecule has 1 rings (SSSR count). The average molecular weight is 279 g/mol. The fourth-order valence-electron chi connectivity index (χ4n) is 1.17. The minimum absolute atomic E-state index is 0.0668. The summed E-state index contributed by atoms with van der Waals surface area (Å²) < 4.78 is 4.90. The van der Waals surface area contributed by atoms with Gasteiger partial charge in [0, 0.05) is 6.07 Å². The number of anilines is 1. The van der Waals surface area contributed by atoms with Crippen LogP contribution in [0.2, 0.25) is 5.02 Å². The first kappa shape index (κ1) is 14.3. The molecule has 0 spiro atoms.